The lowest BCUT2D eigenvalue weighted by Gasteiger charge is -2.15. The molecule has 0 saturated heterocycles. The molecule has 1 aromatic carbocycles. The molecular weight excluding hydrogens is 250 g/mol. The fourth-order valence-electron chi connectivity index (χ4n) is 2.83. The summed E-state index contributed by atoms with van der Waals surface area (Å²) < 4.78 is 7.93. The molecule has 2 heterocycles. The largest absolute Gasteiger partial charge is 0.488 e. The summed E-state index contributed by atoms with van der Waals surface area (Å²) in [6.45, 7) is 4.61. The molecule has 1 aliphatic heterocycles. The van der Waals surface area contributed by atoms with Gasteiger partial charge < -0.3 is 15.0 Å². The number of anilines is 1. The first-order chi connectivity index (χ1) is 9.61. The first-order valence-corrected chi connectivity index (χ1v) is 6.71. The number of ether oxygens (including phenoxy) is 1. The number of benzene rings is 1. The summed E-state index contributed by atoms with van der Waals surface area (Å²) in [4.78, 5) is 0. The normalized spacial score (nSPS) is 16.6. The van der Waals surface area contributed by atoms with Crippen molar-refractivity contribution in [2.24, 2.45) is 0 Å². The maximum atomic E-state index is 9.17. The summed E-state index contributed by atoms with van der Waals surface area (Å²) in [6, 6.07) is 10.3. The standard InChI is InChI=1S/C16H17N3O/c1-10-11(2)19(16(18)14(10)8-17)9-13-7-12-5-3-4-6-15(12)20-13/h3-6,13H,7,9,18H2,1-2H3. The summed E-state index contributed by atoms with van der Waals surface area (Å²) in [5.74, 6) is 1.50. The number of nitrogen functional groups attached to an aromatic ring is 1. The molecule has 0 fully saturated rings. The second-order valence-corrected chi connectivity index (χ2v) is 5.24. The van der Waals surface area contributed by atoms with E-state index in [-0.39, 0.29) is 6.10 Å². The van der Waals surface area contributed by atoms with Gasteiger partial charge in [-0.05, 0) is 31.0 Å². The van der Waals surface area contributed by atoms with Crippen LogP contribution in [0.25, 0.3) is 0 Å². The molecule has 1 aliphatic rings. The van der Waals surface area contributed by atoms with Crippen molar-refractivity contribution in [3.63, 3.8) is 0 Å². The quantitative estimate of drug-likeness (QED) is 0.909. The van der Waals surface area contributed by atoms with Crippen molar-refractivity contribution in [3.05, 3.63) is 46.6 Å². The van der Waals surface area contributed by atoms with Crippen molar-refractivity contribution >= 4 is 5.82 Å². The average molecular weight is 267 g/mol. The Bertz CT molecular complexity index is 684. The Labute approximate surface area is 118 Å². The molecule has 20 heavy (non-hydrogen) atoms. The van der Waals surface area contributed by atoms with Crippen LogP contribution in [-0.4, -0.2) is 10.7 Å². The third-order valence-electron chi connectivity index (χ3n) is 4.08. The zero-order valence-electron chi connectivity index (χ0n) is 11.7. The second-order valence-electron chi connectivity index (χ2n) is 5.24. The zero-order chi connectivity index (χ0) is 14.3. The minimum absolute atomic E-state index is 0.0757. The van der Waals surface area contributed by atoms with Crippen molar-refractivity contribution in [1.29, 1.82) is 5.26 Å². The molecule has 1 atom stereocenters. The molecule has 0 amide bonds. The molecule has 0 spiro atoms. The molecule has 0 saturated carbocycles. The molecule has 2 N–H and O–H groups in total. The van der Waals surface area contributed by atoms with E-state index in [4.69, 9.17) is 15.7 Å². The maximum absolute atomic E-state index is 9.17. The summed E-state index contributed by atoms with van der Waals surface area (Å²) >= 11 is 0. The lowest BCUT2D eigenvalue weighted by molar-refractivity contribution is 0.209. The van der Waals surface area contributed by atoms with Gasteiger partial charge in [-0.15, -0.1) is 0 Å². The monoisotopic (exact) mass is 267 g/mol. The lowest BCUT2D eigenvalue weighted by atomic mass is 10.1. The van der Waals surface area contributed by atoms with E-state index in [1.807, 2.05) is 36.6 Å². The first-order valence-electron chi connectivity index (χ1n) is 6.71. The maximum Gasteiger partial charge on any atom is 0.123 e. The van der Waals surface area contributed by atoms with Crippen molar-refractivity contribution in [3.8, 4) is 11.8 Å². The second kappa shape index (κ2) is 4.61. The van der Waals surface area contributed by atoms with E-state index in [1.165, 1.54) is 5.56 Å². The number of nitriles is 1. The smallest absolute Gasteiger partial charge is 0.123 e. The van der Waals surface area contributed by atoms with Crippen LogP contribution in [0.4, 0.5) is 5.82 Å². The van der Waals surface area contributed by atoms with Crippen LogP contribution in [-0.2, 0) is 13.0 Å². The molecule has 4 nitrogen and oxygen atoms in total. The van der Waals surface area contributed by atoms with Crippen LogP contribution in [0, 0.1) is 25.2 Å². The number of hydrogen-bond donors (Lipinski definition) is 1. The molecule has 0 aliphatic carbocycles. The van der Waals surface area contributed by atoms with Gasteiger partial charge in [-0.3, -0.25) is 0 Å². The van der Waals surface area contributed by atoms with Crippen molar-refractivity contribution < 1.29 is 4.74 Å². The molecule has 102 valence electrons. The highest BCUT2D eigenvalue weighted by Gasteiger charge is 2.25. The predicted octanol–water partition coefficient (Wildman–Crippen LogP) is 2.56. The van der Waals surface area contributed by atoms with Crippen LogP contribution < -0.4 is 10.5 Å². The molecular formula is C16H17N3O. The topological polar surface area (TPSA) is 64.0 Å². The van der Waals surface area contributed by atoms with E-state index in [0.717, 1.165) is 23.4 Å². The SMILES string of the molecule is Cc1c(C#N)c(N)n(CC2Cc3ccccc3O2)c1C. The number of para-hydroxylation sites is 1. The fourth-order valence-corrected chi connectivity index (χ4v) is 2.83. The van der Waals surface area contributed by atoms with Crippen LogP contribution in [0.5, 0.6) is 5.75 Å². The Balaban J connectivity index is 1.86. The van der Waals surface area contributed by atoms with Gasteiger partial charge in [-0.1, -0.05) is 18.2 Å². The number of rotatable bonds is 2. The molecule has 4 heteroatoms. The van der Waals surface area contributed by atoms with Gasteiger partial charge in [0.15, 0.2) is 0 Å². The number of nitrogens with zero attached hydrogens (tertiary/aromatic N) is 2. The van der Waals surface area contributed by atoms with Crippen LogP contribution in [0.1, 0.15) is 22.4 Å². The summed E-state index contributed by atoms with van der Waals surface area (Å²) in [6.07, 6.45) is 0.959. The lowest BCUT2D eigenvalue weighted by Crippen LogP contribution is -2.22. The minimum atomic E-state index is 0.0757. The number of hydrogen-bond acceptors (Lipinski definition) is 3. The summed E-state index contributed by atoms with van der Waals surface area (Å²) in [7, 11) is 0. The molecule has 2 aromatic rings. The highest BCUT2D eigenvalue weighted by atomic mass is 16.5. The van der Waals surface area contributed by atoms with Crippen molar-refractivity contribution in [2.75, 3.05) is 5.73 Å². The summed E-state index contributed by atoms with van der Waals surface area (Å²) in [5, 5.41) is 9.17. The average Bonchev–Trinajstić information content (AvgIpc) is 2.94. The van der Waals surface area contributed by atoms with Gasteiger partial charge in [-0.2, -0.15) is 5.26 Å². The van der Waals surface area contributed by atoms with Gasteiger partial charge in [0.1, 0.15) is 23.7 Å². The molecule has 0 radical (unpaired) electrons. The van der Waals surface area contributed by atoms with Gasteiger partial charge in [-0.25, -0.2) is 0 Å². The van der Waals surface area contributed by atoms with Crippen LogP contribution in [0.15, 0.2) is 24.3 Å². The Morgan fingerprint density at radius 2 is 2.15 bits per heavy atom. The van der Waals surface area contributed by atoms with Crippen LogP contribution in [0.3, 0.4) is 0 Å². The Hall–Kier alpha value is -2.41. The summed E-state index contributed by atoms with van der Waals surface area (Å²) in [5.41, 5.74) is 9.90. The van der Waals surface area contributed by atoms with Gasteiger partial charge in [0.2, 0.25) is 0 Å². The zero-order valence-corrected chi connectivity index (χ0v) is 11.7. The van der Waals surface area contributed by atoms with Gasteiger partial charge >= 0.3 is 0 Å². The highest BCUT2D eigenvalue weighted by Crippen LogP contribution is 2.31. The Morgan fingerprint density at radius 3 is 2.80 bits per heavy atom. The van der Waals surface area contributed by atoms with Crippen LogP contribution >= 0.6 is 0 Å². The Morgan fingerprint density at radius 1 is 1.40 bits per heavy atom. The van der Waals surface area contributed by atoms with Gasteiger partial charge in [0, 0.05) is 12.1 Å². The van der Waals surface area contributed by atoms with Crippen molar-refractivity contribution in [1.82, 2.24) is 4.57 Å². The number of nitrogens with two attached hydrogens (primary N) is 1. The fraction of sp³-hybridized carbons (Fsp3) is 0.312. The van der Waals surface area contributed by atoms with E-state index in [1.54, 1.807) is 0 Å². The Kier molecular flexibility index (Phi) is 2.90. The molecule has 3 rings (SSSR count). The number of aromatic nitrogens is 1. The highest BCUT2D eigenvalue weighted by molar-refractivity contribution is 5.57. The van der Waals surface area contributed by atoms with E-state index < -0.39 is 0 Å². The van der Waals surface area contributed by atoms with Crippen molar-refractivity contribution in [2.45, 2.75) is 32.9 Å². The number of fused-ring (bicyclic) bond motifs is 1. The molecule has 1 aromatic heterocycles. The van der Waals surface area contributed by atoms with Gasteiger partial charge in [0.25, 0.3) is 0 Å². The molecule has 1 unspecified atom stereocenters. The van der Waals surface area contributed by atoms with E-state index in [9.17, 15) is 0 Å². The third-order valence-corrected chi connectivity index (χ3v) is 4.08. The molecule has 0 bridgehead atoms. The predicted molar refractivity (Wildman–Crippen MR) is 77.6 cm³/mol. The van der Waals surface area contributed by atoms with Gasteiger partial charge in [0.05, 0.1) is 12.1 Å². The minimum Gasteiger partial charge on any atom is -0.488 e. The van der Waals surface area contributed by atoms with E-state index in [2.05, 4.69) is 12.1 Å². The third kappa shape index (κ3) is 1.83. The van der Waals surface area contributed by atoms with Crippen LogP contribution in [0.2, 0.25) is 0 Å². The van der Waals surface area contributed by atoms with E-state index >= 15 is 0 Å². The first kappa shape index (κ1) is 12.6. The van der Waals surface area contributed by atoms with E-state index in [0.29, 0.717) is 17.9 Å².